The van der Waals surface area contributed by atoms with E-state index in [4.69, 9.17) is 10.5 Å². The predicted octanol–water partition coefficient (Wildman–Crippen LogP) is 3.13. The lowest BCUT2D eigenvalue weighted by molar-refractivity contribution is -0.219. The van der Waals surface area contributed by atoms with Gasteiger partial charge < -0.3 is 25.3 Å². The molecule has 6 fully saturated rings. The molecule has 4 aliphatic heterocycles. The lowest BCUT2D eigenvalue weighted by atomic mass is 9.64. The first-order valence-corrected chi connectivity index (χ1v) is 18.2. The number of benzene rings is 1. The Morgan fingerprint density at radius 1 is 0.936 bits per heavy atom. The van der Waals surface area contributed by atoms with E-state index < -0.39 is 24.2 Å². The number of carbonyl (C=O) groups is 2. The molecule has 3 N–H and O–H groups in total. The van der Waals surface area contributed by atoms with E-state index in [1.54, 1.807) is 4.90 Å². The van der Waals surface area contributed by atoms with Gasteiger partial charge in [-0.3, -0.25) is 19.1 Å². The number of morpholine rings is 1. The Bertz CT molecular complexity index is 1650. The van der Waals surface area contributed by atoms with Crippen LogP contribution in [0.1, 0.15) is 70.3 Å². The van der Waals surface area contributed by atoms with E-state index in [0.717, 1.165) is 36.8 Å². The van der Waals surface area contributed by atoms with Gasteiger partial charge in [0.05, 0.1) is 46.9 Å². The molecule has 10 nitrogen and oxygen atoms in total. The number of nitrogens with two attached hydrogens (primary N) is 1. The predicted molar refractivity (Wildman–Crippen MR) is 174 cm³/mol. The number of hydrogen-bond donors (Lipinski definition) is 2. The van der Waals surface area contributed by atoms with Gasteiger partial charge in [0.1, 0.15) is 6.17 Å². The highest BCUT2D eigenvalue weighted by Crippen LogP contribution is 2.51. The summed E-state index contributed by atoms with van der Waals surface area (Å²) in [6.07, 6.45) is 9.32. The summed E-state index contributed by atoms with van der Waals surface area (Å²) in [5.74, 6) is 0.156. The number of imidazole rings is 1. The fraction of sp³-hybridized carbons (Fsp3) is 0.694. The Labute approximate surface area is 274 Å². The van der Waals surface area contributed by atoms with Crippen LogP contribution in [0.3, 0.4) is 0 Å². The average Bonchev–Trinajstić information content (AvgIpc) is 3.66. The van der Waals surface area contributed by atoms with Crippen LogP contribution >= 0.6 is 0 Å². The highest BCUT2D eigenvalue weighted by Gasteiger charge is 2.61. The van der Waals surface area contributed by atoms with Gasteiger partial charge >= 0.3 is 5.69 Å². The van der Waals surface area contributed by atoms with Crippen molar-refractivity contribution in [3.63, 3.8) is 0 Å². The molecule has 252 valence electrons. The molecule has 5 heterocycles. The van der Waals surface area contributed by atoms with Gasteiger partial charge in [-0.1, -0.05) is 37.8 Å². The number of H-pyrrole nitrogens is 1. The number of fused-ring (bicyclic) bond motifs is 4. The summed E-state index contributed by atoms with van der Waals surface area (Å²) >= 11 is 0. The van der Waals surface area contributed by atoms with Crippen molar-refractivity contribution in [2.45, 2.75) is 113 Å². The topological polar surface area (TPSA) is 117 Å². The van der Waals surface area contributed by atoms with E-state index in [1.807, 2.05) is 35.0 Å². The van der Waals surface area contributed by atoms with Crippen LogP contribution in [0.4, 0.5) is 4.39 Å². The summed E-state index contributed by atoms with van der Waals surface area (Å²) in [5.41, 5.74) is 8.03. The summed E-state index contributed by atoms with van der Waals surface area (Å²) in [6.45, 7) is 2.31. The summed E-state index contributed by atoms with van der Waals surface area (Å²) < 4.78 is 25.2. The number of halogens is 1. The third-order valence-corrected chi connectivity index (χ3v) is 13.1. The van der Waals surface area contributed by atoms with Crippen molar-refractivity contribution in [2.24, 2.45) is 23.5 Å². The molecular weight excluding hydrogens is 599 g/mol. The number of rotatable bonds is 3. The first-order chi connectivity index (χ1) is 22.9. The fourth-order valence-electron chi connectivity index (χ4n) is 10.9. The molecule has 9 rings (SSSR count). The van der Waals surface area contributed by atoms with Crippen molar-refractivity contribution in [3.05, 3.63) is 46.5 Å². The van der Waals surface area contributed by atoms with Gasteiger partial charge in [-0.25, -0.2) is 9.18 Å². The van der Waals surface area contributed by atoms with Crippen molar-refractivity contribution < 1.29 is 18.7 Å². The number of alkyl halides is 1. The number of piperidine rings is 1. The zero-order valence-electron chi connectivity index (χ0n) is 27.0. The van der Waals surface area contributed by atoms with Gasteiger partial charge in [-0.2, -0.15) is 0 Å². The summed E-state index contributed by atoms with van der Waals surface area (Å²) in [7, 11) is 0. The number of nitrogens with zero attached hydrogens (tertiary/aromatic N) is 4. The molecule has 1 aromatic heterocycles. The number of ketones is 1. The van der Waals surface area contributed by atoms with Crippen molar-refractivity contribution >= 4 is 22.7 Å². The summed E-state index contributed by atoms with van der Waals surface area (Å²) in [6, 6.07) is 7.07. The molecule has 3 saturated carbocycles. The van der Waals surface area contributed by atoms with E-state index in [0.29, 0.717) is 44.3 Å². The molecular formula is C36H47FN6O4. The van der Waals surface area contributed by atoms with Crippen molar-refractivity contribution in [3.8, 4) is 0 Å². The molecule has 0 bridgehead atoms. The second-order valence-corrected chi connectivity index (χ2v) is 15.6. The van der Waals surface area contributed by atoms with E-state index in [2.05, 4.69) is 14.8 Å². The minimum Gasteiger partial charge on any atom is -0.369 e. The van der Waals surface area contributed by atoms with Crippen molar-refractivity contribution in [1.82, 2.24) is 24.3 Å². The smallest absolute Gasteiger partial charge is 0.326 e. The molecule has 10 unspecified atom stereocenters. The molecule has 10 atom stereocenters. The number of amides is 1. The lowest BCUT2D eigenvalue weighted by Gasteiger charge is -2.61. The Morgan fingerprint density at radius 2 is 1.70 bits per heavy atom. The molecule has 3 saturated heterocycles. The van der Waals surface area contributed by atoms with Crippen LogP contribution in [-0.4, -0.2) is 105 Å². The van der Waals surface area contributed by atoms with Gasteiger partial charge in [-0.05, 0) is 62.5 Å². The van der Waals surface area contributed by atoms with Crippen LogP contribution in [0.2, 0.25) is 0 Å². The number of likely N-dealkylation sites (tertiary alicyclic amines) is 2. The molecule has 11 heteroatoms. The number of Topliss-reactive ketones (excluding diaryl/α,β-unsaturated/α-hetero) is 1. The molecule has 0 radical (unpaired) electrons. The average molecular weight is 647 g/mol. The van der Waals surface area contributed by atoms with Gasteiger partial charge in [0.15, 0.2) is 5.78 Å². The monoisotopic (exact) mass is 646 g/mol. The zero-order chi connectivity index (χ0) is 32.0. The van der Waals surface area contributed by atoms with Crippen LogP contribution < -0.4 is 11.4 Å². The van der Waals surface area contributed by atoms with Crippen LogP contribution in [0, 0.1) is 17.8 Å². The standard InChI is InChI=1S/C36H47FN6O4/c37-26-17-24-31-34(32(26)41-12-9-22(38)18-41)47-30-16-21-6-2-1-5-20(21)15-29(30)42(31)19-25(33(24)44)35(45)40-13-10-23(11-14-40)43-28-8-4-3-7-27(28)39-36(43)46/h3-4,7-8,19-24,26,29-32,34H,1-2,5-6,9-18,38H2,(H,39,46). The van der Waals surface area contributed by atoms with Crippen LogP contribution in [0.5, 0.6) is 0 Å². The summed E-state index contributed by atoms with van der Waals surface area (Å²) in [5, 5.41) is 0. The highest BCUT2D eigenvalue weighted by atomic mass is 19.1. The SMILES string of the molecule is NC1CCN(C2C(F)CC3C(=O)C(C(=O)N4CCC(n5c(=O)[nH]c6ccccc65)CC4)=CN4C5CC6CCCCC6CC5OC2C34)C1. The Balaban J connectivity index is 1.01. The second-order valence-electron chi connectivity index (χ2n) is 15.6. The summed E-state index contributed by atoms with van der Waals surface area (Å²) in [4.78, 5) is 50.6. The Hall–Kier alpha value is -3.02. The molecule has 0 spiro atoms. The number of carbonyl (C=O) groups excluding carboxylic acids is 2. The Kier molecular flexibility index (Phi) is 7.39. The minimum atomic E-state index is -1.22. The maximum atomic E-state index is 16.4. The van der Waals surface area contributed by atoms with Gasteiger partial charge in [0.2, 0.25) is 0 Å². The van der Waals surface area contributed by atoms with Gasteiger partial charge in [-0.15, -0.1) is 0 Å². The number of aromatic nitrogens is 2. The number of nitrogens with one attached hydrogen (secondary N) is 1. The molecule has 1 aromatic carbocycles. The van der Waals surface area contributed by atoms with E-state index in [9.17, 15) is 14.4 Å². The van der Waals surface area contributed by atoms with Crippen LogP contribution in [0.25, 0.3) is 11.0 Å². The minimum absolute atomic E-state index is 0.0286. The lowest BCUT2D eigenvalue weighted by Crippen LogP contribution is -2.73. The van der Waals surface area contributed by atoms with Crippen LogP contribution in [-0.2, 0) is 14.3 Å². The number of hydrogen-bond acceptors (Lipinski definition) is 7. The van der Waals surface area contributed by atoms with Crippen molar-refractivity contribution in [2.75, 3.05) is 26.2 Å². The second kappa shape index (κ2) is 11.6. The van der Waals surface area contributed by atoms with E-state index in [-0.39, 0.29) is 59.6 Å². The van der Waals surface area contributed by atoms with Crippen molar-refractivity contribution in [1.29, 1.82) is 0 Å². The number of aromatic amines is 1. The number of ether oxygens (including phenoxy) is 1. The van der Waals surface area contributed by atoms with E-state index in [1.165, 1.54) is 25.7 Å². The molecule has 47 heavy (non-hydrogen) atoms. The first-order valence-electron chi connectivity index (χ1n) is 18.2. The highest BCUT2D eigenvalue weighted by molar-refractivity contribution is 6.20. The fourth-order valence-corrected chi connectivity index (χ4v) is 10.9. The molecule has 2 aromatic rings. The third kappa shape index (κ3) is 4.85. The maximum Gasteiger partial charge on any atom is 0.326 e. The largest absolute Gasteiger partial charge is 0.369 e. The molecule has 3 aliphatic carbocycles. The molecule has 7 aliphatic rings. The van der Waals surface area contributed by atoms with E-state index >= 15 is 4.39 Å². The normalized spacial score (nSPS) is 39.4. The third-order valence-electron chi connectivity index (χ3n) is 13.1. The van der Waals surface area contributed by atoms with Gasteiger partial charge in [0.25, 0.3) is 5.91 Å². The maximum absolute atomic E-state index is 16.4. The number of para-hydroxylation sites is 2. The Morgan fingerprint density at radius 3 is 2.47 bits per heavy atom. The van der Waals surface area contributed by atoms with Crippen LogP contribution in [0.15, 0.2) is 40.8 Å². The zero-order valence-corrected chi connectivity index (χ0v) is 27.0. The first kappa shape index (κ1) is 30.1. The molecule has 1 amide bonds. The van der Waals surface area contributed by atoms with Gasteiger partial charge in [0, 0.05) is 50.4 Å². The quantitative estimate of drug-likeness (QED) is 0.493.